The molecule has 0 radical (unpaired) electrons. The number of halogens is 3. The van der Waals surface area contributed by atoms with Crippen molar-refractivity contribution in [2.24, 2.45) is 0 Å². The Labute approximate surface area is 172 Å². The summed E-state index contributed by atoms with van der Waals surface area (Å²) >= 11 is 0. The summed E-state index contributed by atoms with van der Waals surface area (Å²) in [7, 11) is -3.83. The van der Waals surface area contributed by atoms with Crippen LogP contribution in [-0.2, 0) is 14.8 Å². The molecule has 160 valence electrons. The van der Waals surface area contributed by atoms with Crippen molar-refractivity contribution < 1.29 is 31.1 Å². The Bertz CT molecular complexity index is 1020. The molecule has 0 N–H and O–H groups in total. The van der Waals surface area contributed by atoms with Crippen LogP contribution >= 0.6 is 0 Å². The van der Waals surface area contributed by atoms with Gasteiger partial charge in [0.25, 0.3) is 0 Å². The van der Waals surface area contributed by atoms with Gasteiger partial charge in [-0.25, -0.2) is 12.8 Å². The molecule has 1 heterocycles. The highest BCUT2D eigenvalue weighted by atomic mass is 32.2. The lowest BCUT2D eigenvalue weighted by atomic mass is 10.2. The van der Waals surface area contributed by atoms with Crippen LogP contribution in [0.2, 0.25) is 0 Å². The Morgan fingerprint density at radius 2 is 1.70 bits per heavy atom. The molecule has 0 unspecified atom stereocenters. The second-order valence-corrected chi connectivity index (χ2v) is 8.41. The molecule has 0 aromatic heterocycles. The zero-order valence-electron chi connectivity index (χ0n) is 15.7. The van der Waals surface area contributed by atoms with Gasteiger partial charge < -0.3 is 9.64 Å². The molecule has 1 fully saturated rings. The van der Waals surface area contributed by atoms with E-state index in [-0.39, 0.29) is 42.7 Å². The normalized spacial score (nSPS) is 15.7. The van der Waals surface area contributed by atoms with Crippen LogP contribution in [0, 0.1) is 5.82 Å². The van der Waals surface area contributed by atoms with Crippen molar-refractivity contribution in [1.82, 2.24) is 9.21 Å². The third kappa shape index (κ3) is 5.39. The Morgan fingerprint density at radius 3 is 2.30 bits per heavy atom. The van der Waals surface area contributed by atoms with Gasteiger partial charge in [-0.05, 0) is 42.0 Å². The first-order valence-electron chi connectivity index (χ1n) is 9.03. The van der Waals surface area contributed by atoms with Gasteiger partial charge >= 0.3 is 6.61 Å². The second-order valence-electron chi connectivity index (χ2n) is 6.47. The second kappa shape index (κ2) is 9.31. The van der Waals surface area contributed by atoms with Crippen LogP contribution in [0.3, 0.4) is 0 Å². The third-order valence-electron chi connectivity index (χ3n) is 4.51. The highest BCUT2D eigenvalue weighted by Crippen LogP contribution is 2.19. The zero-order chi connectivity index (χ0) is 21.7. The summed E-state index contributed by atoms with van der Waals surface area (Å²) in [6.07, 6.45) is 2.87. The summed E-state index contributed by atoms with van der Waals surface area (Å²) < 4.78 is 68.3. The van der Waals surface area contributed by atoms with E-state index in [9.17, 15) is 26.4 Å². The molecule has 6 nitrogen and oxygen atoms in total. The summed E-state index contributed by atoms with van der Waals surface area (Å²) in [5, 5.41) is 0. The van der Waals surface area contributed by atoms with E-state index < -0.39 is 22.5 Å². The van der Waals surface area contributed by atoms with Crippen LogP contribution < -0.4 is 4.74 Å². The molecule has 3 rings (SSSR count). The summed E-state index contributed by atoms with van der Waals surface area (Å²) in [6.45, 7) is -2.33. The lowest BCUT2D eigenvalue weighted by Crippen LogP contribution is -2.50. The minimum atomic E-state index is -3.83. The number of ether oxygens (including phenoxy) is 1. The van der Waals surface area contributed by atoms with E-state index in [0.29, 0.717) is 5.56 Å². The van der Waals surface area contributed by atoms with Crippen molar-refractivity contribution in [1.29, 1.82) is 0 Å². The van der Waals surface area contributed by atoms with Crippen LogP contribution in [0.1, 0.15) is 5.56 Å². The van der Waals surface area contributed by atoms with E-state index in [1.165, 1.54) is 63.8 Å². The molecule has 1 aliphatic rings. The highest BCUT2D eigenvalue weighted by molar-refractivity contribution is 7.89. The minimum absolute atomic E-state index is 0.0177. The molecular formula is C20H19F3N2O4S. The first-order valence-corrected chi connectivity index (χ1v) is 10.5. The molecule has 2 aromatic rings. The van der Waals surface area contributed by atoms with E-state index >= 15 is 0 Å². The van der Waals surface area contributed by atoms with E-state index in [1.54, 1.807) is 0 Å². The summed E-state index contributed by atoms with van der Waals surface area (Å²) in [6, 6.07) is 10.6. The number of nitrogens with zero attached hydrogens (tertiary/aromatic N) is 2. The van der Waals surface area contributed by atoms with Gasteiger partial charge in [-0.1, -0.05) is 18.2 Å². The molecule has 30 heavy (non-hydrogen) atoms. The molecule has 1 saturated heterocycles. The number of hydrogen-bond donors (Lipinski definition) is 0. The molecule has 10 heteroatoms. The van der Waals surface area contributed by atoms with E-state index in [0.717, 1.165) is 6.07 Å². The Morgan fingerprint density at radius 1 is 1.03 bits per heavy atom. The number of sulfonamides is 1. The number of carbonyl (C=O) groups is 1. The van der Waals surface area contributed by atoms with Crippen molar-refractivity contribution in [3.05, 3.63) is 66.0 Å². The predicted molar refractivity (Wildman–Crippen MR) is 104 cm³/mol. The van der Waals surface area contributed by atoms with Gasteiger partial charge in [-0.2, -0.15) is 13.1 Å². The van der Waals surface area contributed by atoms with Gasteiger partial charge in [0.1, 0.15) is 11.6 Å². The fraction of sp³-hybridized carbons (Fsp3) is 0.250. The number of piperazine rings is 1. The number of hydrogen-bond acceptors (Lipinski definition) is 4. The molecule has 0 spiro atoms. The van der Waals surface area contributed by atoms with Crippen LogP contribution in [0.5, 0.6) is 5.75 Å². The average Bonchev–Trinajstić information content (AvgIpc) is 2.73. The lowest BCUT2D eigenvalue weighted by Gasteiger charge is -2.33. The van der Waals surface area contributed by atoms with Crippen molar-refractivity contribution >= 4 is 22.0 Å². The molecular weight excluding hydrogens is 421 g/mol. The molecule has 0 saturated carbocycles. The summed E-state index contributed by atoms with van der Waals surface area (Å²) in [5.41, 5.74) is 0.622. The van der Waals surface area contributed by atoms with E-state index in [1.807, 2.05) is 0 Å². The quantitative estimate of drug-likeness (QED) is 0.648. The van der Waals surface area contributed by atoms with Crippen LogP contribution in [0.15, 0.2) is 59.5 Å². The van der Waals surface area contributed by atoms with Crippen molar-refractivity contribution in [3.63, 3.8) is 0 Å². The standard InChI is InChI=1S/C20H19F3N2O4S/c21-16-2-1-3-18(14-16)30(27,28)25-12-10-24(11-13-25)19(26)9-6-15-4-7-17(8-5-15)29-20(22)23/h1-9,14,20H,10-13H2. The van der Waals surface area contributed by atoms with Gasteiger partial charge in [0.15, 0.2) is 0 Å². The number of carbonyl (C=O) groups excluding carboxylic acids is 1. The first kappa shape index (κ1) is 21.8. The average molecular weight is 440 g/mol. The molecule has 0 aliphatic carbocycles. The Hall–Kier alpha value is -2.85. The Kier molecular flexibility index (Phi) is 6.78. The smallest absolute Gasteiger partial charge is 0.387 e. The van der Waals surface area contributed by atoms with Gasteiger partial charge in [0, 0.05) is 32.3 Å². The predicted octanol–water partition coefficient (Wildman–Crippen LogP) is 2.97. The number of rotatable bonds is 6. The van der Waals surface area contributed by atoms with E-state index in [2.05, 4.69) is 4.74 Å². The minimum Gasteiger partial charge on any atom is -0.435 e. The van der Waals surface area contributed by atoms with Gasteiger partial charge in [0.2, 0.25) is 15.9 Å². The fourth-order valence-corrected chi connectivity index (χ4v) is 4.41. The van der Waals surface area contributed by atoms with Crippen molar-refractivity contribution in [2.75, 3.05) is 26.2 Å². The van der Waals surface area contributed by atoms with Gasteiger partial charge in [0.05, 0.1) is 4.90 Å². The fourth-order valence-electron chi connectivity index (χ4n) is 2.96. The van der Waals surface area contributed by atoms with Crippen molar-refractivity contribution in [3.8, 4) is 5.75 Å². The molecule has 0 atom stereocenters. The maximum atomic E-state index is 13.4. The van der Waals surface area contributed by atoms with Gasteiger partial charge in [-0.15, -0.1) is 0 Å². The number of benzene rings is 2. The lowest BCUT2D eigenvalue weighted by molar-refractivity contribution is -0.127. The SMILES string of the molecule is O=C(C=Cc1ccc(OC(F)F)cc1)N1CCN(S(=O)(=O)c2cccc(F)c2)CC1. The van der Waals surface area contributed by atoms with Gasteiger partial charge in [-0.3, -0.25) is 4.79 Å². The van der Waals surface area contributed by atoms with Crippen LogP contribution in [0.25, 0.3) is 6.08 Å². The highest BCUT2D eigenvalue weighted by Gasteiger charge is 2.29. The largest absolute Gasteiger partial charge is 0.435 e. The molecule has 0 bridgehead atoms. The number of amides is 1. The maximum Gasteiger partial charge on any atom is 0.387 e. The molecule has 1 amide bonds. The monoisotopic (exact) mass is 440 g/mol. The summed E-state index contributed by atoms with van der Waals surface area (Å²) in [5.74, 6) is -0.918. The third-order valence-corrected chi connectivity index (χ3v) is 6.40. The maximum absolute atomic E-state index is 13.4. The Balaban J connectivity index is 1.57. The van der Waals surface area contributed by atoms with Crippen LogP contribution in [0.4, 0.5) is 13.2 Å². The zero-order valence-corrected chi connectivity index (χ0v) is 16.6. The molecule has 2 aromatic carbocycles. The topological polar surface area (TPSA) is 66.9 Å². The summed E-state index contributed by atoms with van der Waals surface area (Å²) in [4.78, 5) is 13.7. The van der Waals surface area contributed by atoms with Crippen molar-refractivity contribution in [2.45, 2.75) is 11.5 Å². The first-order chi connectivity index (χ1) is 14.3. The molecule has 1 aliphatic heterocycles. The number of alkyl halides is 2. The van der Waals surface area contributed by atoms with Crippen LogP contribution in [-0.4, -0.2) is 56.3 Å². The van der Waals surface area contributed by atoms with E-state index in [4.69, 9.17) is 0 Å².